The summed E-state index contributed by atoms with van der Waals surface area (Å²) >= 11 is 2.60. The van der Waals surface area contributed by atoms with Gasteiger partial charge in [-0.25, -0.2) is 13.4 Å². The molecule has 0 aromatic carbocycles. The van der Waals surface area contributed by atoms with E-state index in [9.17, 15) is 13.2 Å². The van der Waals surface area contributed by atoms with Gasteiger partial charge in [0, 0.05) is 18.5 Å². The molecule has 0 saturated carbocycles. The summed E-state index contributed by atoms with van der Waals surface area (Å²) in [4.78, 5) is 16.9. The Kier molecular flexibility index (Phi) is 5.63. The molecule has 0 radical (unpaired) electrons. The van der Waals surface area contributed by atoms with Crippen LogP contribution in [0.15, 0.2) is 49.9 Å². The van der Waals surface area contributed by atoms with Crippen LogP contribution in [0.3, 0.4) is 0 Å². The smallest absolute Gasteiger partial charge is 0.310 e. The fourth-order valence-electron chi connectivity index (χ4n) is 3.04. The number of thiazole rings is 1. The molecule has 28 heavy (non-hydrogen) atoms. The molecule has 3 aromatic heterocycles. The summed E-state index contributed by atoms with van der Waals surface area (Å²) in [6.07, 6.45) is 2.82. The molecule has 4 heterocycles. The van der Waals surface area contributed by atoms with Crippen LogP contribution in [0.5, 0.6) is 0 Å². The summed E-state index contributed by atoms with van der Waals surface area (Å²) in [5, 5.41) is 4.27. The number of esters is 1. The standard InChI is InChI=1S/C18H18N2O5S3/c21-18(25-11-14-12-27-17(19-14)15-5-2-8-24-15)13-4-1-7-20(10-13)28(22,23)16-6-3-9-26-16/h2-3,5-6,8-9,12-13H,1,4,7,10-11H2. The third-order valence-corrected chi connectivity index (χ3v) is 8.60. The van der Waals surface area contributed by atoms with Crippen LogP contribution in [0.25, 0.3) is 10.8 Å². The minimum absolute atomic E-state index is 0.0597. The Morgan fingerprint density at radius 2 is 2.21 bits per heavy atom. The lowest BCUT2D eigenvalue weighted by molar-refractivity contribution is -0.151. The van der Waals surface area contributed by atoms with Crippen molar-refractivity contribution in [2.24, 2.45) is 5.92 Å². The summed E-state index contributed by atoms with van der Waals surface area (Å²) < 4.78 is 37.7. The Morgan fingerprint density at radius 1 is 1.32 bits per heavy atom. The molecule has 1 fully saturated rings. The van der Waals surface area contributed by atoms with Crippen LogP contribution in [0.2, 0.25) is 0 Å². The molecule has 1 aliphatic heterocycles. The highest BCUT2D eigenvalue weighted by Gasteiger charge is 2.34. The lowest BCUT2D eigenvalue weighted by Crippen LogP contribution is -2.42. The van der Waals surface area contributed by atoms with Gasteiger partial charge >= 0.3 is 5.97 Å². The highest BCUT2D eigenvalue weighted by Crippen LogP contribution is 2.28. The van der Waals surface area contributed by atoms with Gasteiger partial charge in [0.1, 0.15) is 10.8 Å². The number of hydrogen-bond donors (Lipinski definition) is 0. The molecule has 4 rings (SSSR count). The Labute approximate surface area is 170 Å². The Hall–Kier alpha value is -2.01. The van der Waals surface area contributed by atoms with Crippen molar-refractivity contribution in [1.82, 2.24) is 9.29 Å². The number of aromatic nitrogens is 1. The van der Waals surface area contributed by atoms with Crippen molar-refractivity contribution in [2.45, 2.75) is 23.7 Å². The molecule has 1 atom stereocenters. The Balaban J connectivity index is 1.36. The fourth-order valence-corrected chi connectivity index (χ4v) is 6.48. The van der Waals surface area contributed by atoms with Gasteiger partial charge in [0.15, 0.2) is 10.8 Å². The van der Waals surface area contributed by atoms with Gasteiger partial charge in [-0.1, -0.05) is 6.07 Å². The fraction of sp³-hybridized carbons (Fsp3) is 0.333. The van der Waals surface area contributed by atoms with Crippen molar-refractivity contribution in [3.63, 3.8) is 0 Å². The molecule has 0 aliphatic carbocycles. The van der Waals surface area contributed by atoms with Crippen molar-refractivity contribution < 1.29 is 22.4 Å². The Bertz CT molecular complexity index is 1030. The average Bonchev–Trinajstić information content (AvgIpc) is 3.48. The van der Waals surface area contributed by atoms with Crippen LogP contribution in [0.1, 0.15) is 18.5 Å². The zero-order chi connectivity index (χ0) is 19.6. The molecule has 1 aliphatic rings. The maximum Gasteiger partial charge on any atom is 0.310 e. The van der Waals surface area contributed by atoms with Crippen molar-refractivity contribution >= 4 is 38.7 Å². The molecule has 3 aromatic rings. The van der Waals surface area contributed by atoms with Gasteiger partial charge in [-0.05, 0) is 36.4 Å². The summed E-state index contributed by atoms with van der Waals surface area (Å²) in [7, 11) is -3.55. The molecule has 10 heteroatoms. The van der Waals surface area contributed by atoms with E-state index in [1.807, 2.05) is 11.4 Å². The van der Waals surface area contributed by atoms with Gasteiger partial charge < -0.3 is 9.15 Å². The number of piperidine rings is 1. The maximum atomic E-state index is 12.7. The minimum Gasteiger partial charge on any atom is -0.462 e. The molecule has 0 spiro atoms. The summed E-state index contributed by atoms with van der Waals surface area (Å²) in [5.74, 6) is -0.186. The molecular formula is C18H18N2O5S3. The van der Waals surface area contributed by atoms with Crippen molar-refractivity contribution in [3.05, 3.63) is 47.0 Å². The van der Waals surface area contributed by atoms with Gasteiger partial charge in [-0.3, -0.25) is 4.79 Å². The number of carbonyl (C=O) groups is 1. The van der Waals surface area contributed by atoms with Crippen LogP contribution < -0.4 is 0 Å². The van der Waals surface area contributed by atoms with Crippen LogP contribution in [-0.2, 0) is 26.2 Å². The van der Waals surface area contributed by atoms with Crippen LogP contribution in [0, 0.1) is 5.92 Å². The number of nitrogens with zero attached hydrogens (tertiary/aromatic N) is 2. The van der Waals surface area contributed by atoms with E-state index in [-0.39, 0.29) is 13.2 Å². The predicted octanol–water partition coefficient (Wildman–Crippen LogP) is 3.61. The number of ether oxygens (including phenoxy) is 1. The van der Waals surface area contributed by atoms with E-state index in [4.69, 9.17) is 9.15 Å². The zero-order valence-electron chi connectivity index (χ0n) is 14.8. The molecule has 0 N–H and O–H groups in total. The van der Waals surface area contributed by atoms with Gasteiger partial charge in [0.25, 0.3) is 10.0 Å². The minimum atomic E-state index is -3.55. The monoisotopic (exact) mass is 438 g/mol. The highest BCUT2D eigenvalue weighted by atomic mass is 32.2. The van der Waals surface area contributed by atoms with Gasteiger partial charge in [-0.2, -0.15) is 4.31 Å². The number of furan rings is 1. The summed E-state index contributed by atoms with van der Waals surface area (Å²) in [6.45, 7) is 0.626. The first kappa shape index (κ1) is 19.3. The highest BCUT2D eigenvalue weighted by molar-refractivity contribution is 7.91. The van der Waals surface area contributed by atoms with Gasteiger partial charge in [-0.15, -0.1) is 22.7 Å². The van der Waals surface area contributed by atoms with Gasteiger partial charge in [0.05, 0.1) is 17.9 Å². The topological polar surface area (TPSA) is 89.7 Å². The van der Waals surface area contributed by atoms with E-state index in [2.05, 4.69) is 4.98 Å². The van der Waals surface area contributed by atoms with E-state index >= 15 is 0 Å². The lowest BCUT2D eigenvalue weighted by atomic mass is 10.00. The SMILES string of the molecule is O=C(OCc1csc(-c2ccco2)n1)C1CCCN(S(=O)(=O)c2cccs2)C1. The molecule has 0 bridgehead atoms. The number of rotatable bonds is 6. The number of sulfonamides is 1. The molecule has 7 nitrogen and oxygen atoms in total. The van der Waals surface area contributed by atoms with Crippen molar-refractivity contribution in [3.8, 4) is 10.8 Å². The van der Waals surface area contributed by atoms with Crippen molar-refractivity contribution in [2.75, 3.05) is 13.1 Å². The third-order valence-electron chi connectivity index (χ3n) is 4.45. The molecule has 1 unspecified atom stereocenters. The van der Waals surface area contributed by atoms with E-state index in [0.717, 1.165) is 5.01 Å². The van der Waals surface area contributed by atoms with Gasteiger partial charge in [0.2, 0.25) is 0 Å². The predicted molar refractivity (Wildman–Crippen MR) is 105 cm³/mol. The first-order valence-electron chi connectivity index (χ1n) is 8.72. The second-order valence-electron chi connectivity index (χ2n) is 6.36. The zero-order valence-corrected chi connectivity index (χ0v) is 17.3. The number of hydrogen-bond acceptors (Lipinski definition) is 8. The number of carbonyl (C=O) groups excluding carboxylic acids is 1. The lowest BCUT2D eigenvalue weighted by Gasteiger charge is -2.30. The maximum absolute atomic E-state index is 12.7. The van der Waals surface area contributed by atoms with E-state index in [1.54, 1.807) is 29.8 Å². The molecular weight excluding hydrogens is 420 g/mol. The van der Waals surface area contributed by atoms with E-state index in [0.29, 0.717) is 35.0 Å². The Morgan fingerprint density at radius 3 is 2.96 bits per heavy atom. The quantitative estimate of drug-likeness (QED) is 0.546. The average molecular weight is 439 g/mol. The molecule has 1 saturated heterocycles. The second-order valence-corrected chi connectivity index (χ2v) is 10.3. The van der Waals surface area contributed by atoms with Crippen LogP contribution in [0.4, 0.5) is 0 Å². The largest absolute Gasteiger partial charge is 0.462 e. The summed E-state index contributed by atoms with van der Waals surface area (Å²) in [6, 6.07) is 6.90. The van der Waals surface area contributed by atoms with Crippen LogP contribution >= 0.6 is 22.7 Å². The van der Waals surface area contributed by atoms with E-state index in [1.165, 1.54) is 27.0 Å². The van der Waals surface area contributed by atoms with Crippen LogP contribution in [-0.4, -0.2) is 36.8 Å². The molecule has 0 amide bonds. The second kappa shape index (κ2) is 8.16. The third kappa shape index (κ3) is 4.04. The first-order valence-corrected chi connectivity index (χ1v) is 11.9. The first-order chi connectivity index (χ1) is 13.5. The normalized spacial score (nSPS) is 18.2. The van der Waals surface area contributed by atoms with E-state index < -0.39 is 21.9 Å². The van der Waals surface area contributed by atoms with Crippen molar-refractivity contribution in [1.29, 1.82) is 0 Å². The summed E-state index contributed by atoms with van der Waals surface area (Å²) in [5.41, 5.74) is 0.642. The number of thiophene rings is 1. The molecule has 148 valence electrons.